The molecule has 0 spiro atoms. The summed E-state index contributed by atoms with van der Waals surface area (Å²) in [7, 11) is 2.16. The number of aromatic nitrogens is 3. The number of thiophene rings is 1. The first-order chi connectivity index (χ1) is 13.6. The molecule has 0 saturated carbocycles. The van der Waals surface area contributed by atoms with E-state index in [1.165, 1.54) is 11.3 Å². The molecule has 1 fully saturated rings. The monoisotopic (exact) mass is 399 g/mol. The van der Waals surface area contributed by atoms with Gasteiger partial charge in [-0.1, -0.05) is 26.7 Å². The molecule has 1 aliphatic rings. The number of anilines is 1. The maximum atomic E-state index is 13.3. The van der Waals surface area contributed by atoms with Crippen molar-refractivity contribution in [2.24, 2.45) is 0 Å². The zero-order valence-corrected chi connectivity index (χ0v) is 17.8. The van der Waals surface area contributed by atoms with Crippen LogP contribution in [0.4, 0.5) is 5.69 Å². The fourth-order valence-corrected chi connectivity index (χ4v) is 5.15. The van der Waals surface area contributed by atoms with Crippen LogP contribution in [0.2, 0.25) is 0 Å². The highest BCUT2D eigenvalue weighted by molar-refractivity contribution is 7.25. The Morgan fingerprint density at radius 1 is 1.18 bits per heavy atom. The largest absolute Gasteiger partial charge is 0.368 e. The maximum absolute atomic E-state index is 13.3. The number of nitrogens with zero attached hydrogens (tertiary/aromatic N) is 5. The zero-order chi connectivity index (χ0) is 19.7. The summed E-state index contributed by atoms with van der Waals surface area (Å²) in [5.74, 6) is 0. The van der Waals surface area contributed by atoms with Gasteiger partial charge in [0.05, 0.1) is 22.9 Å². The van der Waals surface area contributed by atoms with E-state index < -0.39 is 0 Å². The Balaban J connectivity index is 1.81. The van der Waals surface area contributed by atoms with Crippen LogP contribution in [0.3, 0.4) is 0 Å². The fourth-order valence-electron chi connectivity index (χ4n) is 4.10. The summed E-state index contributed by atoms with van der Waals surface area (Å²) in [6, 6.07) is 2.29. The molecule has 3 aromatic rings. The third kappa shape index (κ3) is 3.42. The van der Waals surface area contributed by atoms with Gasteiger partial charge in [0.1, 0.15) is 9.53 Å². The first kappa shape index (κ1) is 19.3. The van der Waals surface area contributed by atoms with Crippen molar-refractivity contribution in [2.75, 3.05) is 38.1 Å². The standard InChI is InChI=1S/C21H29N5OS/c1-4-6-7-15(5-2)26-14-23-18-17-16(25-12-10-24(3)11-13-25)8-9-22-20(17)28-19(18)21(26)27/h8-9,14-15H,4-7,10-13H2,1-3H3. The normalized spacial score (nSPS) is 16.9. The van der Waals surface area contributed by atoms with Crippen molar-refractivity contribution in [2.45, 2.75) is 45.6 Å². The lowest BCUT2D eigenvalue weighted by Crippen LogP contribution is -2.44. The summed E-state index contributed by atoms with van der Waals surface area (Å²) < 4.78 is 2.59. The summed E-state index contributed by atoms with van der Waals surface area (Å²) in [6.07, 6.45) is 7.87. The van der Waals surface area contributed by atoms with E-state index in [0.717, 1.165) is 78.0 Å². The molecule has 150 valence electrons. The fraction of sp³-hybridized carbons (Fsp3) is 0.571. The highest BCUT2D eigenvalue weighted by Gasteiger charge is 2.22. The number of likely N-dealkylation sites (N-methyl/N-ethyl adjacent to an activating group) is 1. The molecule has 1 aliphatic heterocycles. The quantitative estimate of drug-likeness (QED) is 0.629. The first-order valence-corrected chi connectivity index (χ1v) is 11.2. The summed E-state index contributed by atoms with van der Waals surface area (Å²) in [5, 5.41) is 1.04. The van der Waals surface area contributed by atoms with Gasteiger partial charge < -0.3 is 9.80 Å². The minimum Gasteiger partial charge on any atom is -0.368 e. The number of fused-ring (bicyclic) bond motifs is 3. The van der Waals surface area contributed by atoms with Crippen molar-refractivity contribution in [3.05, 3.63) is 28.9 Å². The van der Waals surface area contributed by atoms with Gasteiger partial charge in [0.15, 0.2) is 0 Å². The lowest BCUT2D eigenvalue weighted by molar-refractivity contribution is 0.313. The highest BCUT2D eigenvalue weighted by atomic mass is 32.1. The van der Waals surface area contributed by atoms with Crippen LogP contribution < -0.4 is 10.5 Å². The molecule has 1 unspecified atom stereocenters. The van der Waals surface area contributed by atoms with Crippen LogP contribution in [0, 0.1) is 0 Å². The Hall–Kier alpha value is -1.99. The molecule has 1 atom stereocenters. The molecule has 0 aromatic carbocycles. The average molecular weight is 400 g/mol. The van der Waals surface area contributed by atoms with Gasteiger partial charge in [0, 0.05) is 38.4 Å². The van der Waals surface area contributed by atoms with Crippen LogP contribution >= 0.6 is 11.3 Å². The van der Waals surface area contributed by atoms with Crippen LogP contribution in [0.25, 0.3) is 20.4 Å². The second-order valence-electron chi connectivity index (χ2n) is 7.74. The van der Waals surface area contributed by atoms with Gasteiger partial charge >= 0.3 is 0 Å². The van der Waals surface area contributed by atoms with Gasteiger partial charge in [-0.25, -0.2) is 9.97 Å². The number of unbranched alkanes of at least 4 members (excludes halogenated alkanes) is 1. The van der Waals surface area contributed by atoms with E-state index in [1.807, 2.05) is 10.8 Å². The number of hydrogen-bond donors (Lipinski definition) is 0. The van der Waals surface area contributed by atoms with Gasteiger partial charge in [0.25, 0.3) is 5.56 Å². The van der Waals surface area contributed by atoms with Crippen molar-refractivity contribution in [3.8, 4) is 0 Å². The third-order valence-corrected chi connectivity index (χ3v) is 6.96. The Kier molecular flexibility index (Phi) is 5.64. The highest BCUT2D eigenvalue weighted by Crippen LogP contribution is 2.36. The predicted octanol–water partition coefficient (Wildman–Crippen LogP) is 3.90. The Morgan fingerprint density at radius 2 is 1.96 bits per heavy atom. The van der Waals surface area contributed by atoms with Crippen LogP contribution in [-0.4, -0.2) is 52.7 Å². The van der Waals surface area contributed by atoms with Crippen LogP contribution in [-0.2, 0) is 0 Å². The molecule has 7 heteroatoms. The van der Waals surface area contributed by atoms with Crippen molar-refractivity contribution >= 4 is 37.5 Å². The van der Waals surface area contributed by atoms with E-state index in [9.17, 15) is 4.79 Å². The smallest absolute Gasteiger partial charge is 0.271 e. The Bertz CT molecular complexity index is 1020. The SMILES string of the molecule is CCCCC(CC)n1cnc2c(sc3nccc(N4CCN(C)CC4)c32)c1=O. The van der Waals surface area contributed by atoms with E-state index in [1.54, 1.807) is 6.33 Å². The molecule has 0 amide bonds. The van der Waals surface area contributed by atoms with Crippen molar-refractivity contribution in [3.63, 3.8) is 0 Å². The summed E-state index contributed by atoms with van der Waals surface area (Å²) in [5.41, 5.74) is 2.06. The molecule has 0 N–H and O–H groups in total. The molecular formula is C21H29N5OS. The summed E-state index contributed by atoms with van der Waals surface area (Å²) >= 11 is 1.49. The van der Waals surface area contributed by atoms with E-state index >= 15 is 0 Å². The summed E-state index contributed by atoms with van der Waals surface area (Å²) in [6.45, 7) is 8.39. The Labute approximate surface area is 169 Å². The van der Waals surface area contributed by atoms with Crippen molar-refractivity contribution in [1.82, 2.24) is 19.4 Å². The van der Waals surface area contributed by atoms with Gasteiger partial charge in [0.2, 0.25) is 0 Å². The zero-order valence-electron chi connectivity index (χ0n) is 17.0. The lowest BCUT2D eigenvalue weighted by Gasteiger charge is -2.34. The lowest BCUT2D eigenvalue weighted by atomic mass is 10.1. The minimum atomic E-state index is 0.0836. The van der Waals surface area contributed by atoms with Crippen LogP contribution in [0.5, 0.6) is 0 Å². The molecular weight excluding hydrogens is 370 g/mol. The van der Waals surface area contributed by atoms with Crippen molar-refractivity contribution in [1.29, 1.82) is 0 Å². The number of hydrogen-bond acceptors (Lipinski definition) is 6. The third-order valence-electron chi connectivity index (χ3n) is 5.88. The van der Waals surface area contributed by atoms with Crippen LogP contribution in [0.15, 0.2) is 23.4 Å². The molecule has 0 radical (unpaired) electrons. The van der Waals surface area contributed by atoms with Crippen molar-refractivity contribution < 1.29 is 0 Å². The van der Waals surface area contributed by atoms with E-state index in [2.05, 4.69) is 41.7 Å². The Morgan fingerprint density at radius 3 is 2.68 bits per heavy atom. The molecule has 1 saturated heterocycles. The predicted molar refractivity (Wildman–Crippen MR) is 118 cm³/mol. The molecule has 4 rings (SSSR count). The average Bonchev–Trinajstić information content (AvgIpc) is 3.10. The first-order valence-electron chi connectivity index (χ1n) is 10.4. The number of piperazine rings is 1. The molecule has 28 heavy (non-hydrogen) atoms. The van der Waals surface area contributed by atoms with Gasteiger partial charge in [-0.2, -0.15) is 0 Å². The van der Waals surface area contributed by atoms with E-state index in [0.29, 0.717) is 0 Å². The molecule has 0 bridgehead atoms. The molecule has 6 nitrogen and oxygen atoms in total. The van der Waals surface area contributed by atoms with E-state index in [-0.39, 0.29) is 11.6 Å². The molecule has 4 heterocycles. The van der Waals surface area contributed by atoms with Gasteiger partial charge in [-0.3, -0.25) is 9.36 Å². The topological polar surface area (TPSA) is 54.3 Å². The second kappa shape index (κ2) is 8.17. The number of pyridine rings is 1. The maximum Gasteiger partial charge on any atom is 0.271 e. The van der Waals surface area contributed by atoms with E-state index in [4.69, 9.17) is 4.98 Å². The molecule has 0 aliphatic carbocycles. The number of rotatable bonds is 6. The van der Waals surface area contributed by atoms with Gasteiger partial charge in [-0.05, 0) is 26.0 Å². The second-order valence-corrected chi connectivity index (χ2v) is 8.74. The minimum absolute atomic E-state index is 0.0836. The van der Waals surface area contributed by atoms with Gasteiger partial charge in [-0.15, -0.1) is 11.3 Å². The van der Waals surface area contributed by atoms with Crippen LogP contribution in [0.1, 0.15) is 45.6 Å². The molecule has 3 aromatic heterocycles. The summed E-state index contributed by atoms with van der Waals surface area (Å²) in [4.78, 5) is 28.3.